The first-order valence-corrected chi connectivity index (χ1v) is 5.66. The lowest BCUT2D eigenvalue weighted by Crippen LogP contribution is -2.28. The van der Waals surface area contributed by atoms with Crippen molar-refractivity contribution in [3.8, 4) is 12.3 Å². The highest BCUT2D eigenvalue weighted by atomic mass is 32.2. The van der Waals surface area contributed by atoms with Gasteiger partial charge < -0.3 is 0 Å². The zero-order valence-corrected chi connectivity index (χ0v) is 9.38. The van der Waals surface area contributed by atoms with Crippen molar-refractivity contribution in [1.82, 2.24) is 4.31 Å². The molecule has 1 aromatic rings. The summed E-state index contributed by atoms with van der Waals surface area (Å²) in [6.07, 6.45) is 5.20. The Morgan fingerprint density at radius 1 is 1.40 bits per heavy atom. The molecule has 0 spiro atoms. The Kier molecular flexibility index (Phi) is 3.35. The van der Waals surface area contributed by atoms with Gasteiger partial charge in [0.05, 0.1) is 5.69 Å². The van der Waals surface area contributed by atoms with Crippen LogP contribution in [0.5, 0.6) is 0 Å². The van der Waals surface area contributed by atoms with Gasteiger partial charge >= 0.3 is 10.2 Å². The highest BCUT2D eigenvalue weighted by Crippen LogP contribution is 2.12. The van der Waals surface area contributed by atoms with Crippen molar-refractivity contribution in [3.05, 3.63) is 29.8 Å². The van der Waals surface area contributed by atoms with Gasteiger partial charge in [0, 0.05) is 19.7 Å². The van der Waals surface area contributed by atoms with Crippen molar-refractivity contribution in [2.75, 3.05) is 18.8 Å². The van der Waals surface area contributed by atoms with Crippen LogP contribution in [0, 0.1) is 12.3 Å². The zero-order valence-electron chi connectivity index (χ0n) is 8.56. The van der Waals surface area contributed by atoms with Gasteiger partial charge in [-0.2, -0.15) is 12.7 Å². The molecule has 0 radical (unpaired) electrons. The number of nitrogens with zero attached hydrogens (tertiary/aromatic N) is 1. The van der Waals surface area contributed by atoms with Crippen LogP contribution in [0.15, 0.2) is 24.3 Å². The van der Waals surface area contributed by atoms with E-state index >= 15 is 0 Å². The number of terminal acetylenes is 1. The summed E-state index contributed by atoms with van der Waals surface area (Å²) in [6, 6.07) is 6.67. The quantitative estimate of drug-likeness (QED) is 0.775. The molecule has 0 saturated carbocycles. The number of hydrogen-bond acceptors (Lipinski definition) is 2. The molecule has 1 rings (SSSR count). The van der Waals surface area contributed by atoms with E-state index < -0.39 is 10.2 Å². The molecule has 0 amide bonds. The Morgan fingerprint density at radius 3 is 2.60 bits per heavy atom. The van der Waals surface area contributed by atoms with Crippen LogP contribution in [0.4, 0.5) is 5.69 Å². The fraction of sp³-hybridized carbons (Fsp3) is 0.200. The smallest absolute Gasteiger partial charge is 0.271 e. The van der Waals surface area contributed by atoms with E-state index in [-0.39, 0.29) is 0 Å². The fourth-order valence-corrected chi connectivity index (χ4v) is 1.52. The summed E-state index contributed by atoms with van der Waals surface area (Å²) in [7, 11) is -0.558. The predicted octanol–water partition coefficient (Wildman–Crippen LogP) is 0.886. The van der Waals surface area contributed by atoms with Crippen LogP contribution in [0.2, 0.25) is 0 Å². The van der Waals surface area contributed by atoms with Crippen molar-refractivity contribution >= 4 is 15.9 Å². The lowest BCUT2D eigenvalue weighted by Gasteiger charge is -2.13. The fourth-order valence-electron chi connectivity index (χ4n) is 0.913. The lowest BCUT2D eigenvalue weighted by molar-refractivity contribution is 0.527. The maximum absolute atomic E-state index is 11.5. The topological polar surface area (TPSA) is 49.4 Å². The van der Waals surface area contributed by atoms with Crippen LogP contribution < -0.4 is 4.72 Å². The first-order valence-electron chi connectivity index (χ1n) is 4.22. The van der Waals surface area contributed by atoms with Gasteiger partial charge in [-0.1, -0.05) is 12.0 Å². The molecule has 4 nitrogen and oxygen atoms in total. The van der Waals surface area contributed by atoms with Gasteiger partial charge in [0.25, 0.3) is 0 Å². The van der Waals surface area contributed by atoms with E-state index in [1.165, 1.54) is 14.1 Å². The van der Waals surface area contributed by atoms with Crippen molar-refractivity contribution in [2.45, 2.75) is 0 Å². The third kappa shape index (κ3) is 2.98. The molecular weight excluding hydrogens is 212 g/mol. The van der Waals surface area contributed by atoms with Gasteiger partial charge in [-0.05, 0) is 18.2 Å². The maximum Gasteiger partial charge on any atom is 0.301 e. The monoisotopic (exact) mass is 224 g/mol. The largest absolute Gasteiger partial charge is 0.301 e. The van der Waals surface area contributed by atoms with Crippen molar-refractivity contribution < 1.29 is 8.42 Å². The molecule has 5 heteroatoms. The third-order valence-corrected chi connectivity index (χ3v) is 3.21. The van der Waals surface area contributed by atoms with E-state index in [2.05, 4.69) is 10.6 Å². The Labute approximate surface area is 90.1 Å². The Bertz CT molecular complexity index is 486. The normalized spacial score (nSPS) is 11.1. The first kappa shape index (κ1) is 11.6. The molecule has 0 heterocycles. The number of rotatable bonds is 3. The number of benzene rings is 1. The summed E-state index contributed by atoms with van der Waals surface area (Å²) in [6.45, 7) is 0. The molecule has 0 aromatic heterocycles. The Hall–Kier alpha value is -1.51. The summed E-state index contributed by atoms with van der Waals surface area (Å²) < 4.78 is 26.4. The zero-order chi connectivity index (χ0) is 11.5. The van der Waals surface area contributed by atoms with Gasteiger partial charge in [0.1, 0.15) is 0 Å². The van der Waals surface area contributed by atoms with Crippen LogP contribution >= 0.6 is 0 Å². The Balaban J connectivity index is 2.96. The maximum atomic E-state index is 11.5. The molecule has 0 saturated heterocycles. The second kappa shape index (κ2) is 4.34. The molecule has 0 bridgehead atoms. The van der Waals surface area contributed by atoms with Crippen LogP contribution in [0.1, 0.15) is 5.56 Å². The summed E-state index contributed by atoms with van der Waals surface area (Å²) in [5.41, 5.74) is 1.09. The standard InChI is InChI=1S/C10H12N2O2S/c1-4-9-6-5-7-10(8-9)11-15(13,14)12(2)3/h1,5-8,11H,2-3H3. The van der Waals surface area contributed by atoms with E-state index in [0.717, 1.165) is 4.31 Å². The average molecular weight is 224 g/mol. The minimum absolute atomic E-state index is 0.458. The summed E-state index contributed by atoms with van der Waals surface area (Å²) >= 11 is 0. The summed E-state index contributed by atoms with van der Waals surface area (Å²) in [5, 5.41) is 0. The van der Waals surface area contributed by atoms with E-state index in [9.17, 15) is 8.42 Å². The highest BCUT2D eigenvalue weighted by molar-refractivity contribution is 7.90. The summed E-state index contributed by atoms with van der Waals surface area (Å²) in [5.74, 6) is 2.43. The van der Waals surface area contributed by atoms with Crippen LogP contribution in [-0.4, -0.2) is 26.8 Å². The van der Waals surface area contributed by atoms with Gasteiger partial charge in [-0.15, -0.1) is 6.42 Å². The molecule has 15 heavy (non-hydrogen) atoms. The lowest BCUT2D eigenvalue weighted by atomic mass is 10.2. The molecule has 0 fully saturated rings. The van der Waals surface area contributed by atoms with Gasteiger partial charge in [0.2, 0.25) is 0 Å². The van der Waals surface area contributed by atoms with Crippen LogP contribution in [0.3, 0.4) is 0 Å². The third-order valence-electron chi connectivity index (χ3n) is 1.76. The van der Waals surface area contributed by atoms with Gasteiger partial charge in [-0.3, -0.25) is 4.72 Å². The van der Waals surface area contributed by atoms with Gasteiger partial charge in [0.15, 0.2) is 0 Å². The van der Waals surface area contributed by atoms with E-state index in [1.54, 1.807) is 24.3 Å². The molecule has 0 unspecified atom stereocenters. The SMILES string of the molecule is C#Cc1cccc(NS(=O)(=O)N(C)C)c1. The minimum atomic E-state index is -3.46. The molecule has 1 aromatic carbocycles. The molecule has 0 aliphatic carbocycles. The molecule has 0 aliphatic heterocycles. The number of anilines is 1. The second-order valence-electron chi connectivity index (χ2n) is 3.11. The first-order chi connectivity index (χ1) is 6.95. The predicted molar refractivity (Wildman–Crippen MR) is 60.6 cm³/mol. The molecule has 0 aliphatic rings. The molecule has 0 atom stereocenters. The molecule has 80 valence electrons. The van der Waals surface area contributed by atoms with E-state index in [1.807, 2.05) is 0 Å². The highest BCUT2D eigenvalue weighted by Gasteiger charge is 2.12. The van der Waals surface area contributed by atoms with Crippen LogP contribution in [0.25, 0.3) is 0 Å². The van der Waals surface area contributed by atoms with Gasteiger partial charge in [-0.25, -0.2) is 0 Å². The van der Waals surface area contributed by atoms with E-state index in [4.69, 9.17) is 6.42 Å². The average Bonchev–Trinajstić information content (AvgIpc) is 2.17. The second-order valence-corrected chi connectivity index (χ2v) is 5.00. The number of nitrogens with one attached hydrogen (secondary N) is 1. The van der Waals surface area contributed by atoms with Crippen molar-refractivity contribution in [3.63, 3.8) is 0 Å². The minimum Gasteiger partial charge on any atom is -0.271 e. The van der Waals surface area contributed by atoms with E-state index in [0.29, 0.717) is 11.3 Å². The van der Waals surface area contributed by atoms with Crippen molar-refractivity contribution in [1.29, 1.82) is 0 Å². The molecular formula is C10H12N2O2S. The van der Waals surface area contributed by atoms with Crippen LogP contribution in [-0.2, 0) is 10.2 Å². The Morgan fingerprint density at radius 2 is 2.07 bits per heavy atom. The van der Waals surface area contributed by atoms with Crippen molar-refractivity contribution in [2.24, 2.45) is 0 Å². The summed E-state index contributed by atoms with van der Waals surface area (Å²) in [4.78, 5) is 0. The number of hydrogen-bond donors (Lipinski definition) is 1. The molecule has 1 N–H and O–H groups in total.